The molecule has 2 aromatic heterocycles. The summed E-state index contributed by atoms with van der Waals surface area (Å²) in [6.45, 7) is 6.06. The molecule has 1 saturated heterocycles. The Hall–Kier alpha value is -2.76. The van der Waals surface area contributed by atoms with Crippen LogP contribution < -0.4 is 21.7 Å². The van der Waals surface area contributed by atoms with Crippen molar-refractivity contribution in [1.29, 1.82) is 0 Å². The van der Waals surface area contributed by atoms with Crippen molar-refractivity contribution >= 4 is 45.1 Å². The lowest BCUT2D eigenvalue weighted by Crippen LogP contribution is -2.46. The highest BCUT2D eigenvalue weighted by Gasteiger charge is 2.37. The first-order chi connectivity index (χ1) is 14.3. The highest BCUT2D eigenvalue weighted by molar-refractivity contribution is 7.21. The number of primary amides is 1. The number of nitrogen functional groups attached to an aromatic ring is 1. The summed E-state index contributed by atoms with van der Waals surface area (Å²) in [5.41, 5.74) is 9.13. The van der Waals surface area contributed by atoms with Crippen LogP contribution in [0.15, 0.2) is 6.07 Å². The lowest BCUT2D eigenvalue weighted by atomic mass is 10.0. The van der Waals surface area contributed by atoms with Crippen molar-refractivity contribution in [2.24, 2.45) is 5.73 Å². The van der Waals surface area contributed by atoms with Gasteiger partial charge in [-0.05, 0) is 39.7 Å². The Morgan fingerprint density at radius 2 is 1.87 bits per heavy atom. The zero-order valence-corrected chi connectivity index (χ0v) is 18.1. The summed E-state index contributed by atoms with van der Waals surface area (Å²) in [6, 6.07) is 0.786. The molecule has 0 atom stereocenters. The fourth-order valence-corrected chi connectivity index (χ4v) is 4.37. The maximum atomic E-state index is 13.7. The van der Waals surface area contributed by atoms with Gasteiger partial charge in [-0.1, -0.05) is 0 Å². The normalized spacial score (nSPS) is 15.9. The van der Waals surface area contributed by atoms with Crippen molar-refractivity contribution in [3.63, 3.8) is 0 Å². The summed E-state index contributed by atoms with van der Waals surface area (Å²) in [5, 5.41) is 2.47. The van der Waals surface area contributed by atoms with Crippen molar-refractivity contribution in [2.45, 2.75) is 51.4 Å². The monoisotopic (exact) mass is 459 g/mol. The highest BCUT2D eigenvalue weighted by atomic mass is 32.1. The fraction of sp³-hybridized carbons (Fsp3) is 0.526. The van der Waals surface area contributed by atoms with Crippen molar-refractivity contribution in [1.82, 2.24) is 10.3 Å². The molecular formula is C19H24F3N5O3S. The molecule has 5 N–H and O–H groups in total. The van der Waals surface area contributed by atoms with Crippen LogP contribution in [-0.4, -0.2) is 41.7 Å². The molecule has 1 aliphatic rings. The zero-order valence-electron chi connectivity index (χ0n) is 17.3. The van der Waals surface area contributed by atoms with E-state index in [0.29, 0.717) is 25.9 Å². The van der Waals surface area contributed by atoms with E-state index in [1.807, 2.05) is 0 Å². The molecular weight excluding hydrogens is 435 g/mol. The Balaban J connectivity index is 1.83. The van der Waals surface area contributed by atoms with E-state index >= 15 is 0 Å². The van der Waals surface area contributed by atoms with Gasteiger partial charge < -0.3 is 26.4 Å². The number of anilines is 2. The first-order valence-electron chi connectivity index (χ1n) is 9.60. The molecule has 12 heteroatoms. The van der Waals surface area contributed by atoms with Crippen molar-refractivity contribution in [3.05, 3.63) is 16.5 Å². The quantitative estimate of drug-likeness (QED) is 0.646. The van der Waals surface area contributed by atoms with Gasteiger partial charge in [0.1, 0.15) is 21.1 Å². The van der Waals surface area contributed by atoms with Crippen molar-refractivity contribution in [3.8, 4) is 0 Å². The molecule has 3 rings (SSSR count). The minimum absolute atomic E-state index is 0.00475. The van der Waals surface area contributed by atoms with Crippen LogP contribution in [0.25, 0.3) is 10.2 Å². The number of aromatic nitrogens is 1. The number of fused-ring (bicyclic) bond motifs is 1. The molecule has 0 saturated carbocycles. The van der Waals surface area contributed by atoms with Gasteiger partial charge in [-0.25, -0.2) is 9.78 Å². The number of pyridine rings is 1. The largest absolute Gasteiger partial charge is 0.444 e. The van der Waals surface area contributed by atoms with Crippen LogP contribution >= 0.6 is 11.3 Å². The van der Waals surface area contributed by atoms with Gasteiger partial charge in [0, 0.05) is 24.5 Å². The Morgan fingerprint density at radius 1 is 1.26 bits per heavy atom. The molecule has 0 radical (unpaired) electrons. The molecule has 2 aromatic rings. The summed E-state index contributed by atoms with van der Waals surface area (Å²) in [4.78, 5) is 29.4. The topological polar surface area (TPSA) is 124 Å². The number of hydrogen-bond donors (Lipinski definition) is 3. The summed E-state index contributed by atoms with van der Waals surface area (Å²) in [5.74, 6) is -0.767. The number of rotatable bonds is 3. The number of ether oxygens (including phenoxy) is 1. The third-order valence-corrected chi connectivity index (χ3v) is 5.87. The lowest BCUT2D eigenvalue weighted by Gasteiger charge is -2.33. The van der Waals surface area contributed by atoms with E-state index in [1.165, 1.54) is 0 Å². The standard InChI is InChI=1S/C19H24F3N5O3S/c1-18(2,3)30-17(29)25-9-4-6-27(7-5-9)11-8-10(19(20,21)22)12-13(23)14(15(24)28)31-16(12)26-11/h8-9H,4-7,23H2,1-3H3,(H2,24,28)(H,25,29). The Kier molecular flexibility index (Phi) is 5.96. The van der Waals surface area contributed by atoms with E-state index in [0.717, 1.165) is 17.4 Å². The molecule has 0 bridgehead atoms. The summed E-state index contributed by atoms with van der Waals surface area (Å²) >= 11 is 0.744. The summed E-state index contributed by atoms with van der Waals surface area (Å²) < 4.78 is 46.4. The highest BCUT2D eigenvalue weighted by Crippen LogP contribution is 2.43. The second-order valence-electron chi connectivity index (χ2n) is 8.32. The molecule has 0 aromatic carbocycles. The Labute approximate surface area is 180 Å². The van der Waals surface area contributed by atoms with Crippen LogP contribution in [0.3, 0.4) is 0 Å². The van der Waals surface area contributed by atoms with E-state index < -0.39 is 29.3 Å². The predicted octanol–water partition coefficient (Wildman–Crippen LogP) is 3.49. The second kappa shape index (κ2) is 8.06. The van der Waals surface area contributed by atoms with Gasteiger partial charge >= 0.3 is 12.3 Å². The number of thiophene rings is 1. The van der Waals surface area contributed by atoms with Crippen LogP contribution in [-0.2, 0) is 10.9 Å². The predicted molar refractivity (Wildman–Crippen MR) is 112 cm³/mol. The van der Waals surface area contributed by atoms with E-state index in [2.05, 4.69) is 10.3 Å². The van der Waals surface area contributed by atoms with Gasteiger partial charge in [-0.3, -0.25) is 4.79 Å². The number of halogens is 3. The number of carbonyl (C=O) groups excluding carboxylic acids is 2. The number of carbonyl (C=O) groups is 2. The molecule has 0 unspecified atom stereocenters. The number of amides is 2. The molecule has 31 heavy (non-hydrogen) atoms. The first kappa shape index (κ1) is 22.9. The third-order valence-electron chi connectivity index (χ3n) is 4.75. The maximum Gasteiger partial charge on any atom is 0.417 e. The van der Waals surface area contributed by atoms with Crippen LogP contribution in [0, 0.1) is 0 Å². The molecule has 1 aliphatic heterocycles. The van der Waals surface area contributed by atoms with Gasteiger partial charge in [0.05, 0.1) is 11.3 Å². The molecule has 3 heterocycles. The molecule has 2 amide bonds. The average Bonchev–Trinajstić information content (AvgIpc) is 2.96. The van der Waals surface area contributed by atoms with Gasteiger partial charge in [-0.15, -0.1) is 11.3 Å². The second-order valence-corrected chi connectivity index (χ2v) is 9.32. The number of alkyl halides is 3. The third kappa shape index (κ3) is 5.12. The molecule has 1 fully saturated rings. The number of nitrogens with one attached hydrogen (secondary N) is 1. The molecule has 0 aliphatic carbocycles. The minimum Gasteiger partial charge on any atom is -0.444 e. The van der Waals surface area contributed by atoms with Gasteiger partial charge in [0.2, 0.25) is 0 Å². The SMILES string of the molecule is CC(C)(C)OC(=O)NC1CCN(c2cc(C(F)(F)F)c3c(N)c(C(N)=O)sc3n2)CC1. The summed E-state index contributed by atoms with van der Waals surface area (Å²) in [7, 11) is 0. The fourth-order valence-electron chi connectivity index (χ4n) is 3.40. The number of alkyl carbamates (subject to hydrolysis) is 1. The van der Waals surface area contributed by atoms with Gasteiger partial charge in [0.15, 0.2) is 0 Å². The van der Waals surface area contributed by atoms with E-state index in [4.69, 9.17) is 16.2 Å². The Bertz CT molecular complexity index is 1010. The zero-order chi connectivity index (χ0) is 23.1. The molecule has 8 nitrogen and oxygen atoms in total. The Morgan fingerprint density at radius 3 is 2.39 bits per heavy atom. The molecule has 170 valence electrons. The number of hydrogen-bond acceptors (Lipinski definition) is 7. The van der Waals surface area contributed by atoms with Crippen LogP contribution in [0.1, 0.15) is 48.8 Å². The number of nitrogens with two attached hydrogens (primary N) is 2. The smallest absolute Gasteiger partial charge is 0.417 e. The van der Waals surface area contributed by atoms with Crippen LogP contribution in [0.4, 0.5) is 29.5 Å². The minimum atomic E-state index is -4.68. The van der Waals surface area contributed by atoms with Gasteiger partial charge in [-0.2, -0.15) is 13.2 Å². The lowest BCUT2D eigenvalue weighted by molar-refractivity contribution is -0.136. The van der Waals surface area contributed by atoms with Crippen molar-refractivity contribution in [2.75, 3.05) is 23.7 Å². The molecule has 0 spiro atoms. The van der Waals surface area contributed by atoms with E-state index in [9.17, 15) is 22.8 Å². The van der Waals surface area contributed by atoms with Crippen molar-refractivity contribution < 1.29 is 27.5 Å². The van der Waals surface area contributed by atoms with E-state index in [-0.39, 0.29) is 32.6 Å². The van der Waals surface area contributed by atoms with Crippen LogP contribution in [0.5, 0.6) is 0 Å². The summed E-state index contributed by atoms with van der Waals surface area (Å²) in [6.07, 6.45) is -4.19. The first-order valence-corrected chi connectivity index (χ1v) is 10.4. The van der Waals surface area contributed by atoms with Crippen LogP contribution in [0.2, 0.25) is 0 Å². The maximum absolute atomic E-state index is 13.7. The van der Waals surface area contributed by atoms with E-state index in [1.54, 1.807) is 25.7 Å². The van der Waals surface area contributed by atoms with Gasteiger partial charge in [0.25, 0.3) is 5.91 Å². The number of piperidine rings is 1. The average molecular weight is 459 g/mol. The number of nitrogens with zero attached hydrogens (tertiary/aromatic N) is 2.